The SMILES string of the molecule is CCc1cccc(NC(=O)Cn2c(-c3ccccc3)nc(CC)cc2=O)c1. The third-order valence-corrected chi connectivity index (χ3v) is 4.38. The number of aryl methyl sites for hydroxylation is 2. The van der Waals surface area contributed by atoms with Gasteiger partial charge in [-0.25, -0.2) is 4.98 Å². The molecule has 0 aliphatic heterocycles. The van der Waals surface area contributed by atoms with Gasteiger partial charge in [-0.05, 0) is 30.5 Å². The summed E-state index contributed by atoms with van der Waals surface area (Å²) in [6.45, 7) is 3.93. The first-order chi connectivity index (χ1) is 13.1. The number of anilines is 1. The second-order valence-electron chi connectivity index (χ2n) is 6.32. The molecule has 0 unspecified atom stereocenters. The van der Waals surface area contributed by atoms with E-state index in [-0.39, 0.29) is 18.0 Å². The summed E-state index contributed by atoms with van der Waals surface area (Å²) in [6.07, 6.45) is 1.55. The predicted molar refractivity (Wildman–Crippen MR) is 108 cm³/mol. The molecule has 0 atom stereocenters. The number of rotatable bonds is 6. The van der Waals surface area contributed by atoms with Gasteiger partial charge in [0.1, 0.15) is 12.4 Å². The molecule has 0 radical (unpaired) electrons. The predicted octanol–water partition coefficient (Wildman–Crippen LogP) is 3.67. The van der Waals surface area contributed by atoms with E-state index >= 15 is 0 Å². The third kappa shape index (κ3) is 4.50. The van der Waals surface area contributed by atoms with Gasteiger partial charge in [-0.15, -0.1) is 0 Å². The van der Waals surface area contributed by atoms with Crippen LogP contribution >= 0.6 is 0 Å². The standard InChI is InChI=1S/C22H23N3O2/c1-3-16-9-8-12-19(13-16)23-20(26)15-25-21(27)14-18(4-2)24-22(25)17-10-6-5-7-11-17/h5-14H,3-4,15H2,1-2H3,(H,23,26). The second-order valence-corrected chi connectivity index (χ2v) is 6.32. The summed E-state index contributed by atoms with van der Waals surface area (Å²) >= 11 is 0. The number of aromatic nitrogens is 2. The van der Waals surface area contributed by atoms with E-state index in [0.717, 1.165) is 23.2 Å². The highest BCUT2D eigenvalue weighted by Gasteiger charge is 2.14. The lowest BCUT2D eigenvalue weighted by molar-refractivity contribution is -0.116. The number of amides is 1. The summed E-state index contributed by atoms with van der Waals surface area (Å²) in [5.41, 5.74) is 3.17. The Kier molecular flexibility index (Phi) is 5.81. The van der Waals surface area contributed by atoms with E-state index in [1.807, 2.05) is 61.5 Å². The number of nitrogens with zero attached hydrogens (tertiary/aromatic N) is 2. The zero-order chi connectivity index (χ0) is 19.2. The number of benzene rings is 2. The van der Waals surface area contributed by atoms with Gasteiger partial charge in [0.2, 0.25) is 5.91 Å². The van der Waals surface area contributed by atoms with Crippen molar-refractivity contribution < 1.29 is 4.79 Å². The van der Waals surface area contributed by atoms with Gasteiger partial charge >= 0.3 is 0 Å². The van der Waals surface area contributed by atoms with Crippen LogP contribution in [0.3, 0.4) is 0 Å². The molecular weight excluding hydrogens is 338 g/mol. The number of carbonyl (C=O) groups excluding carboxylic acids is 1. The normalized spacial score (nSPS) is 10.6. The number of hydrogen-bond acceptors (Lipinski definition) is 3. The third-order valence-electron chi connectivity index (χ3n) is 4.38. The average Bonchev–Trinajstić information content (AvgIpc) is 2.70. The molecule has 138 valence electrons. The molecule has 3 rings (SSSR count). The van der Waals surface area contributed by atoms with Gasteiger partial charge in [-0.2, -0.15) is 0 Å². The number of hydrogen-bond donors (Lipinski definition) is 1. The molecule has 0 saturated carbocycles. The summed E-state index contributed by atoms with van der Waals surface area (Å²) in [5, 5.41) is 2.87. The fourth-order valence-corrected chi connectivity index (χ4v) is 2.91. The van der Waals surface area contributed by atoms with Crippen molar-refractivity contribution in [3.63, 3.8) is 0 Å². The van der Waals surface area contributed by atoms with E-state index < -0.39 is 0 Å². The van der Waals surface area contributed by atoms with Crippen molar-refractivity contribution >= 4 is 11.6 Å². The lowest BCUT2D eigenvalue weighted by atomic mass is 10.1. The number of nitrogens with one attached hydrogen (secondary N) is 1. The molecule has 1 heterocycles. The van der Waals surface area contributed by atoms with E-state index in [9.17, 15) is 9.59 Å². The molecule has 1 aromatic heterocycles. The molecule has 0 bridgehead atoms. The molecule has 0 aliphatic carbocycles. The summed E-state index contributed by atoms with van der Waals surface area (Å²) in [5.74, 6) is 0.256. The molecule has 5 heteroatoms. The minimum atomic E-state index is -0.256. The van der Waals surface area contributed by atoms with Gasteiger partial charge in [0.25, 0.3) is 5.56 Å². The molecule has 0 spiro atoms. The van der Waals surface area contributed by atoms with Crippen molar-refractivity contribution in [3.05, 3.63) is 82.3 Å². The molecule has 3 aromatic rings. The summed E-state index contributed by atoms with van der Waals surface area (Å²) < 4.78 is 1.42. The molecule has 1 amide bonds. The van der Waals surface area contributed by atoms with Gasteiger partial charge < -0.3 is 5.32 Å². The highest BCUT2D eigenvalue weighted by atomic mass is 16.2. The van der Waals surface area contributed by atoms with E-state index in [2.05, 4.69) is 17.2 Å². The van der Waals surface area contributed by atoms with Crippen LogP contribution in [0.4, 0.5) is 5.69 Å². The molecule has 1 N–H and O–H groups in total. The zero-order valence-corrected chi connectivity index (χ0v) is 15.6. The fraction of sp³-hybridized carbons (Fsp3) is 0.227. The van der Waals surface area contributed by atoms with Crippen LogP contribution in [0.5, 0.6) is 0 Å². The van der Waals surface area contributed by atoms with Crippen molar-refractivity contribution in [2.24, 2.45) is 0 Å². The van der Waals surface area contributed by atoms with Crippen LogP contribution in [0, 0.1) is 0 Å². The largest absolute Gasteiger partial charge is 0.325 e. The lowest BCUT2D eigenvalue weighted by Crippen LogP contribution is -2.30. The Morgan fingerprint density at radius 3 is 2.48 bits per heavy atom. The van der Waals surface area contributed by atoms with Crippen LogP contribution in [0.25, 0.3) is 11.4 Å². The average molecular weight is 361 g/mol. The minimum Gasteiger partial charge on any atom is -0.325 e. The van der Waals surface area contributed by atoms with Crippen LogP contribution in [0.15, 0.2) is 65.5 Å². The van der Waals surface area contributed by atoms with E-state index in [4.69, 9.17) is 0 Å². The molecule has 27 heavy (non-hydrogen) atoms. The Balaban J connectivity index is 1.91. The molecule has 2 aromatic carbocycles. The Morgan fingerprint density at radius 2 is 1.78 bits per heavy atom. The van der Waals surface area contributed by atoms with E-state index in [1.54, 1.807) is 0 Å². The first-order valence-corrected chi connectivity index (χ1v) is 9.15. The summed E-state index contributed by atoms with van der Waals surface area (Å²) in [4.78, 5) is 29.8. The lowest BCUT2D eigenvalue weighted by Gasteiger charge is -2.14. The first-order valence-electron chi connectivity index (χ1n) is 9.15. The summed E-state index contributed by atoms with van der Waals surface area (Å²) in [6, 6.07) is 18.7. The van der Waals surface area contributed by atoms with Crippen molar-refractivity contribution in [3.8, 4) is 11.4 Å². The van der Waals surface area contributed by atoms with Gasteiger partial charge in [-0.3, -0.25) is 14.2 Å². The Hall–Kier alpha value is -3.21. The van der Waals surface area contributed by atoms with Gasteiger partial charge in [0.15, 0.2) is 0 Å². The molecule has 5 nitrogen and oxygen atoms in total. The van der Waals surface area contributed by atoms with Crippen LogP contribution < -0.4 is 10.9 Å². The first kappa shape index (κ1) is 18.6. The molecular formula is C22H23N3O2. The van der Waals surface area contributed by atoms with Crippen LogP contribution in [0.2, 0.25) is 0 Å². The second kappa shape index (κ2) is 8.45. The van der Waals surface area contributed by atoms with Crippen LogP contribution in [0.1, 0.15) is 25.1 Å². The van der Waals surface area contributed by atoms with E-state index in [0.29, 0.717) is 17.9 Å². The quantitative estimate of drug-likeness (QED) is 0.728. The maximum atomic E-state index is 12.6. The molecule has 0 aliphatic rings. The summed E-state index contributed by atoms with van der Waals surface area (Å²) in [7, 11) is 0. The molecule has 0 saturated heterocycles. The Bertz CT molecular complexity index is 994. The van der Waals surface area contributed by atoms with Crippen molar-refractivity contribution in [2.45, 2.75) is 33.2 Å². The fourth-order valence-electron chi connectivity index (χ4n) is 2.91. The Labute approximate surface area is 158 Å². The smallest absolute Gasteiger partial charge is 0.254 e. The van der Waals surface area contributed by atoms with Crippen LogP contribution in [-0.4, -0.2) is 15.5 Å². The van der Waals surface area contributed by atoms with Crippen molar-refractivity contribution in [2.75, 3.05) is 5.32 Å². The van der Waals surface area contributed by atoms with E-state index in [1.165, 1.54) is 10.6 Å². The van der Waals surface area contributed by atoms with Crippen molar-refractivity contribution in [1.82, 2.24) is 9.55 Å². The monoisotopic (exact) mass is 361 g/mol. The van der Waals surface area contributed by atoms with Gasteiger partial charge in [0, 0.05) is 23.0 Å². The Morgan fingerprint density at radius 1 is 1.00 bits per heavy atom. The topological polar surface area (TPSA) is 64.0 Å². The highest BCUT2D eigenvalue weighted by molar-refractivity contribution is 5.90. The minimum absolute atomic E-state index is 0.0869. The van der Waals surface area contributed by atoms with Gasteiger partial charge in [-0.1, -0.05) is 56.3 Å². The molecule has 0 fully saturated rings. The van der Waals surface area contributed by atoms with Crippen molar-refractivity contribution in [1.29, 1.82) is 0 Å². The van der Waals surface area contributed by atoms with Gasteiger partial charge in [0.05, 0.1) is 0 Å². The van der Waals surface area contributed by atoms with Crippen LogP contribution in [-0.2, 0) is 24.2 Å². The maximum Gasteiger partial charge on any atom is 0.254 e. The number of carbonyl (C=O) groups is 1. The highest BCUT2D eigenvalue weighted by Crippen LogP contribution is 2.16. The zero-order valence-electron chi connectivity index (χ0n) is 15.6. The maximum absolute atomic E-state index is 12.6.